The standard InChI is InChI=1S/C20H20F2N4O2/c1-3-12(2)24-20-23-10-13-4-5-18(25-26(13)20)19-16(21)8-15(9-17(19)22)28-14-6-7-27-11-14/h3-5,8-10,12,14H,1,6-7,11H2,2H3,(H,23,24). The van der Waals surface area contributed by atoms with E-state index in [2.05, 4.69) is 22.0 Å². The summed E-state index contributed by atoms with van der Waals surface area (Å²) >= 11 is 0. The summed E-state index contributed by atoms with van der Waals surface area (Å²) in [5, 5.41) is 7.49. The summed E-state index contributed by atoms with van der Waals surface area (Å²) in [6, 6.07) is 5.58. The first kappa shape index (κ1) is 18.4. The summed E-state index contributed by atoms with van der Waals surface area (Å²) in [6.45, 7) is 6.63. The van der Waals surface area contributed by atoms with E-state index in [9.17, 15) is 8.78 Å². The molecular weight excluding hydrogens is 366 g/mol. The maximum absolute atomic E-state index is 14.7. The zero-order valence-corrected chi connectivity index (χ0v) is 15.4. The molecule has 0 radical (unpaired) electrons. The third kappa shape index (κ3) is 3.55. The maximum atomic E-state index is 14.7. The summed E-state index contributed by atoms with van der Waals surface area (Å²) in [6.07, 6.45) is 3.86. The predicted molar refractivity (Wildman–Crippen MR) is 101 cm³/mol. The topological polar surface area (TPSA) is 60.7 Å². The number of hydrogen-bond donors (Lipinski definition) is 1. The fourth-order valence-corrected chi connectivity index (χ4v) is 3.04. The molecule has 2 unspecified atom stereocenters. The Kier molecular flexibility index (Phi) is 4.95. The van der Waals surface area contributed by atoms with E-state index in [1.807, 2.05) is 6.92 Å². The number of ether oxygens (including phenoxy) is 2. The number of rotatable bonds is 6. The van der Waals surface area contributed by atoms with Crippen LogP contribution in [-0.4, -0.2) is 40.0 Å². The molecule has 146 valence electrons. The van der Waals surface area contributed by atoms with Crippen LogP contribution in [0.2, 0.25) is 0 Å². The second-order valence-corrected chi connectivity index (χ2v) is 6.67. The Morgan fingerprint density at radius 2 is 2.14 bits per heavy atom. The van der Waals surface area contributed by atoms with Crippen molar-refractivity contribution in [3.63, 3.8) is 0 Å². The van der Waals surface area contributed by atoms with Gasteiger partial charge in [0.25, 0.3) is 0 Å². The number of imidazole rings is 1. The van der Waals surface area contributed by atoms with Gasteiger partial charge in [-0.05, 0) is 19.1 Å². The van der Waals surface area contributed by atoms with E-state index < -0.39 is 11.6 Å². The van der Waals surface area contributed by atoms with Crippen LogP contribution in [0.1, 0.15) is 13.3 Å². The number of nitrogens with zero attached hydrogens (tertiary/aromatic N) is 3. The first-order valence-electron chi connectivity index (χ1n) is 9.03. The molecule has 1 fully saturated rings. The Hall–Kier alpha value is -3.00. The SMILES string of the molecule is C=CC(C)Nc1ncc2ccc(-c3c(F)cc(OC4CCOC4)cc3F)nn12. The molecule has 6 nitrogen and oxygen atoms in total. The normalized spacial score (nSPS) is 17.6. The minimum atomic E-state index is -0.741. The Balaban J connectivity index is 1.68. The highest BCUT2D eigenvalue weighted by Crippen LogP contribution is 2.30. The van der Waals surface area contributed by atoms with Gasteiger partial charge < -0.3 is 14.8 Å². The quantitative estimate of drug-likeness (QED) is 0.653. The fourth-order valence-electron chi connectivity index (χ4n) is 3.04. The van der Waals surface area contributed by atoms with Crippen LogP contribution in [0.5, 0.6) is 5.75 Å². The Bertz CT molecular complexity index is 992. The van der Waals surface area contributed by atoms with Gasteiger partial charge in [0, 0.05) is 24.6 Å². The summed E-state index contributed by atoms with van der Waals surface area (Å²) in [7, 11) is 0. The van der Waals surface area contributed by atoms with Crippen LogP contribution in [-0.2, 0) is 4.74 Å². The van der Waals surface area contributed by atoms with Crippen molar-refractivity contribution in [1.82, 2.24) is 14.6 Å². The molecule has 8 heteroatoms. The molecule has 1 N–H and O–H groups in total. The fraction of sp³-hybridized carbons (Fsp3) is 0.300. The number of hydrogen-bond acceptors (Lipinski definition) is 5. The van der Waals surface area contributed by atoms with Crippen molar-refractivity contribution in [2.24, 2.45) is 0 Å². The smallest absolute Gasteiger partial charge is 0.224 e. The third-order valence-corrected chi connectivity index (χ3v) is 4.56. The Morgan fingerprint density at radius 1 is 1.36 bits per heavy atom. The lowest BCUT2D eigenvalue weighted by atomic mass is 10.1. The van der Waals surface area contributed by atoms with Crippen molar-refractivity contribution in [1.29, 1.82) is 0 Å². The minimum Gasteiger partial charge on any atom is -0.488 e. The zero-order valence-electron chi connectivity index (χ0n) is 15.4. The van der Waals surface area contributed by atoms with E-state index in [4.69, 9.17) is 9.47 Å². The molecule has 0 amide bonds. The molecule has 4 rings (SSSR count). The molecule has 0 spiro atoms. The average molecular weight is 386 g/mol. The summed E-state index contributed by atoms with van der Waals surface area (Å²) in [4.78, 5) is 4.26. The first-order valence-corrected chi connectivity index (χ1v) is 9.03. The van der Waals surface area contributed by atoms with Crippen LogP contribution in [0.25, 0.3) is 16.8 Å². The first-order chi connectivity index (χ1) is 13.5. The zero-order chi connectivity index (χ0) is 19.7. The highest BCUT2D eigenvalue weighted by atomic mass is 19.1. The van der Waals surface area contributed by atoms with E-state index in [0.717, 1.165) is 0 Å². The van der Waals surface area contributed by atoms with E-state index >= 15 is 0 Å². The predicted octanol–water partition coefficient (Wildman–Crippen LogP) is 3.83. The van der Waals surface area contributed by atoms with Gasteiger partial charge in [0.2, 0.25) is 5.95 Å². The van der Waals surface area contributed by atoms with Gasteiger partial charge in [-0.1, -0.05) is 6.08 Å². The van der Waals surface area contributed by atoms with Crippen LogP contribution in [0.4, 0.5) is 14.7 Å². The highest BCUT2D eigenvalue weighted by molar-refractivity contribution is 5.64. The molecule has 1 saturated heterocycles. The van der Waals surface area contributed by atoms with Crippen LogP contribution >= 0.6 is 0 Å². The molecule has 2 aromatic heterocycles. The van der Waals surface area contributed by atoms with Crippen LogP contribution in [0, 0.1) is 11.6 Å². The maximum Gasteiger partial charge on any atom is 0.224 e. The van der Waals surface area contributed by atoms with Crippen molar-refractivity contribution < 1.29 is 18.3 Å². The van der Waals surface area contributed by atoms with E-state index in [1.54, 1.807) is 24.4 Å². The number of fused-ring (bicyclic) bond motifs is 1. The van der Waals surface area contributed by atoms with E-state index in [0.29, 0.717) is 31.1 Å². The molecule has 1 aromatic carbocycles. The molecule has 2 atom stereocenters. The van der Waals surface area contributed by atoms with Crippen molar-refractivity contribution in [2.75, 3.05) is 18.5 Å². The van der Waals surface area contributed by atoms with E-state index in [1.165, 1.54) is 16.6 Å². The average Bonchev–Trinajstić information content (AvgIpc) is 3.31. The second-order valence-electron chi connectivity index (χ2n) is 6.67. The molecule has 0 aliphatic carbocycles. The molecular formula is C20H20F2N4O2. The molecule has 1 aliphatic heterocycles. The Morgan fingerprint density at radius 3 is 2.82 bits per heavy atom. The molecule has 28 heavy (non-hydrogen) atoms. The van der Waals surface area contributed by atoms with Crippen LogP contribution in [0.3, 0.4) is 0 Å². The molecule has 3 heterocycles. The molecule has 1 aliphatic rings. The summed E-state index contributed by atoms with van der Waals surface area (Å²) < 4.78 is 41.8. The van der Waals surface area contributed by atoms with Gasteiger partial charge in [-0.25, -0.2) is 13.8 Å². The summed E-state index contributed by atoms with van der Waals surface area (Å²) in [5.74, 6) is -0.879. The lowest BCUT2D eigenvalue weighted by molar-refractivity contribution is 0.141. The minimum absolute atomic E-state index is 0.0412. The second kappa shape index (κ2) is 7.55. The van der Waals surface area contributed by atoms with Crippen molar-refractivity contribution in [3.05, 3.63) is 54.8 Å². The van der Waals surface area contributed by atoms with Crippen molar-refractivity contribution >= 4 is 11.5 Å². The Labute approximate surface area is 160 Å². The molecule has 0 bridgehead atoms. The van der Waals surface area contributed by atoms with Crippen molar-refractivity contribution in [3.8, 4) is 17.0 Å². The van der Waals surface area contributed by atoms with Gasteiger partial charge in [-0.3, -0.25) is 0 Å². The van der Waals surface area contributed by atoms with Gasteiger partial charge in [0.15, 0.2) is 0 Å². The lowest BCUT2D eigenvalue weighted by Crippen LogP contribution is -2.16. The summed E-state index contributed by atoms with van der Waals surface area (Å²) in [5.41, 5.74) is 0.642. The number of anilines is 1. The van der Waals surface area contributed by atoms with Gasteiger partial charge in [-0.15, -0.1) is 6.58 Å². The van der Waals surface area contributed by atoms with Gasteiger partial charge in [0.1, 0.15) is 23.5 Å². The van der Waals surface area contributed by atoms with E-state index in [-0.39, 0.29) is 29.2 Å². The number of aromatic nitrogens is 3. The van der Waals surface area contributed by atoms with Gasteiger partial charge >= 0.3 is 0 Å². The number of benzene rings is 1. The van der Waals surface area contributed by atoms with Gasteiger partial charge in [-0.2, -0.15) is 9.61 Å². The largest absolute Gasteiger partial charge is 0.488 e. The van der Waals surface area contributed by atoms with Crippen molar-refractivity contribution in [2.45, 2.75) is 25.5 Å². The monoisotopic (exact) mass is 386 g/mol. The van der Waals surface area contributed by atoms with Crippen LogP contribution < -0.4 is 10.1 Å². The van der Waals surface area contributed by atoms with Crippen LogP contribution in [0.15, 0.2) is 43.1 Å². The number of halogens is 2. The molecule has 0 saturated carbocycles. The third-order valence-electron chi connectivity index (χ3n) is 4.56. The molecule has 3 aromatic rings. The number of nitrogens with one attached hydrogen (secondary N) is 1. The van der Waals surface area contributed by atoms with Gasteiger partial charge in [0.05, 0.1) is 36.2 Å². The lowest BCUT2D eigenvalue weighted by Gasteiger charge is -2.14. The highest BCUT2D eigenvalue weighted by Gasteiger charge is 2.21.